The molecular formula is C11H12BrClN2O. The summed E-state index contributed by atoms with van der Waals surface area (Å²) in [7, 11) is 0. The Labute approximate surface area is 108 Å². The lowest BCUT2D eigenvalue weighted by Gasteiger charge is -2.12. The van der Waals surface area contributed by atoms with Crippen molar-refractivity contribution in [3.63, 3.8) is 0 Å². The number of carbonyl (C=O) groups is 1. The van der Waals surface area contributed by atoms with Crippen LogP contribution in [0.2, 0.25) is 5.02 Å². The van der Waals surface area contributed by atoms with Gasteiger partial charge in [0, 0.05) is 24.3 Å². The predicted octanol–water partition coefficient (Wildman–Crippen LogP) is 2.64. The molecule has 1 heterocycles. The highest BCUT2D eigenvalue weighted by Gasteiger charge is 2.41. The van der Waals surface area contributed by atoms with Crippen molar-refractivity contribution in [1.82, 2.24) is 10.3 Å². The quantitative estimate of drug-likeness (QED) is 0.869. The van der Waals surface area contributed by atoms with Crippen LogP contribution in [0.1, 0.15) is 23.2 Å². The fourth-order valence-electron chi connectivity index (χ4n) is 1.46. The van der Waals surface area contributed by atoms with Gasteiger partial charge in [0.2, 0.25) is 0 Å². The largest absolute Gasteiger partial charge is 0.351 e. The molecule has 0 atom stereocenters. The highest BCUT2D eigenvalue weighted by molar-refractivity contribution is 9.09. The number of carbonyl (C=O) groups excluding carboxylic acids is 1. The summed E-state index contributed by atoms with van der Waals surface area (Å²) in [6.07, 6.45) is 5.39. The molecule has 0 bridgehead atoms. The number of pyridine rings is 1. The van der Waals surface area contributed by atoms with Crippen LogP contribution in [-0.2, 0) is 0 Å². The van der Waals surface area contributed by atoms with Gasteiger partial charge in [0.25, 0.3) is 5.91 Å². The molecule has 3 nitrogen and oxygen atoms in total. The average Bonchev–Trinajstić information content (AvgIpc) is 3.07. The van der Waals surface area contributed by atoms with E-state index in [1.54, 1.807) is 12.3 Å². The van der Waals surface area contributed by atoms with E-state index in [-0.39, 0.29) is 11.3 Å². The Kier molecular flexibility index (Phi) is 3.50. The van der Waals surface area contributed by atoms with Gasteiger partial charge in [0.15, 0.2) is 0 Å². The van der Waals surface area contributed by atoms with Crippen molar-refractivity contribution >= 4 is 33.4 Å². The van der Waals surface area contributed by atoms with E-state index in [2.05, 4.69) is 26.2 Å². The van der Waals surface area contributed by atoms with Crippen molar-refractivity contribution < 1.29 is 4.79 Å². The monoisotopic (exact) mass is 302 g/mol. The maximum absolute atomic E-state index is 11.8. The molecule has 0 saturated heterocycles. The molecule has 0 unspecified atom stereocenters. The van der Waals surface area contributed by atoms with Crippen molar-refractivity contribution in [2.45, 2.75) is 12.8 Å². The number of nitrogens with zero attached hydrogens (tertiary/aromatic N) is 1. The van der Waals surface area contributed by atoms with Crippen molar-refractivity contribution in [2.75, 3.05) is 11.9 Å². The lowest BCUT2D eigenvalue weighted by Crippen LogP contribution is -2.31. The second-order valence-electron chi connectivity index (χ2n) is 4.17. The number of halogens is 2. The Morgan fingerprint density at radius 3 is 2.94 bits per heavy atom. The fraction of sp³-hybridized carbons (Fsp3) is 0.455. The van der Waals surface area contributed by atoms with Crippen LogP contribution in [0.25, 0.3) is 0 Å². The molecule has 0 aliphatic heterocycles. The molecular weight excluding hydrogens is 291 g/mol. The zero-order valence-corrected chi connectivity index (χ0v) is 11.0. The van der Waals surface area contributed by atoms with Crippen LogP contribution in [-0.4, -0.2) is 22.8 Å². The number of rotatable bonds is 4. The van der Waals surface area contributed by atoms with Gasteiger partial charge in [-0.2, -0.15) is 0 Å². The third-order valence-electron chi connectivity index (χ3n) is 2.88. The van der Waals surface area contributed by atoms with E-state index in [4.69, 9.17) is 11.6 Å². The lowest BCUT2D eigenvalue weighted by molar-refractivity contribution is 0.0946. The van der Waals surface area contributed by atoms with Gasteiger partial charge in [-0.05, 0) is 24.3 Å². The molecule has 0 radical (unpaired) electrons. The summed E-state index contributed by atoms with van der Waals surface area (Å²) in [4.78, 5) is 15.7. The minimum absolute atomic E-state index is 0.125. The van der Waals surface area contributed by atoms with Gasteiger partial charge in [-0.25, -0.2) is 0 Å². The highest BCUT2D eigenvalue weighted by Crippen LogP contribution is 2.46. The van der Waals surface area contributed by atoms with Crippen molar-refractivity contribution in [1.29, 1.82) is 0 Å². The third-order valence-corrected chi connectivity index (χ3v) is 4.37. The van der Waals surface area contributed by atoms with Crippen LogP contribution in [0.3, 0.4) is 0 Å². The van der Waals surface area contributed by atoms with E-state index in [1.807, 2.05) is 0 Å². The summed E-state index contributed by atoms with van der Waals surface area (Å²) >= 11 is 9.35. The van der Waals surface area contributed by atoms with E-state index >= 15 is 0 Å². The Bertz CT molecular complexity index is 407. The Hall–Kier alpha value is -0.610. The lowest BCUT2D eigenvalue weighted by atomic mass is 10.1. The highest BCUT2D eigenvalue weighted by atomic mass is 79.9. The maximum Gasteiger partial charge on any atom is 0.252 e. The van der Waals surface area contributed by atoms with Crippen LogP contribution in [0.4, 0.5) is 0 Å². The third kappa shape index (κ3) is 2.55. The molecule has 1 fully saturated rings. The van der Waals surface area contributed by atoms with Gasteiger partial charge in [0.1, 0.15) is 0 Å². The Morgan fingerprint density at radius 1 is 1.62 bits per heavy atom. The van der Waals surface area contributed by atoms with Crippen LogP contribution >= 0.6 is 27.5 Å². The number of amides is 1. The van der Waals surface area contributed by atoms with E-state index in [0.29, 0.717) is 17.1 Å². The van der Waals surface area contributed by atoms with E-state index < -0.39 is 0 Å². The molecule has 5 heteroatoms. The topological polar surface area (TPSA) is 42.0 Å². The fourth-order valence-corrected chi connectivity index (χ4v) is 2.42. The summed E-state index contributed by atoms with van der Waals surface area (Å²) in [5.74, 6) is -0.125. The van der Waals surface area contributed by atoms with E-state index in [0.717, 1.165) is 5.33 Å². The predicted molar refractivity (Wildman–Crippen MR) is 67.0 cm³/mol. The summed E-state index contributed by atoms with van der Waals surface area (Å²) in [6.45, 7) is 0.704. The van der Waals surface area contributed by atoms with Gasteiger partial charge in [-0.15, -0.1) is 0 Å². The Balaban J connectivity index is 1.96. The van der Waals surface area contributed by atoms with Crippen LogP contribution < -0.4 is 5.32 Å². The van der Waals surface area contributed by atoms with Crippen LogP contribution in [0, 0.1) is 5.41 Å². The van der Waals surface area contributed by atoms with Gasteiger partial charge in [-0.1, -0.05) is 27.5 Å². The molecule has 0 spiro atoms. The van der Waals surface area contributed by atoms with E-state index in [1.165, 1.54) is 19.0 Å². The second-order valence-corrected chi connectivity index (χ2v) is 5.14. The number of alkyl halides is 1. The SMILES string of the molecule is O=C(NCC1(CBr)CC1)c1ccncc1Cl. The van der Waals surface area contributed by atoms with Crippen molar-refractivity contribution in [2.24, 2.45) is 5.41 Å². The zero-order chi connectivity index (χ0) is 11.6. The zero-order valence-electron chi connectivity index (χ0n) is 8.67. The molecule has 1 aliphatic rings. The summed E-state index contributed by atoms with van der Waals surface area (Å²) in [5, 5.41) is 4.24. The molecule has 1 aromatic rings. The summed E-state index contributed by atoms with van der Waals surface area (Å²) in [5.41, 5.74) is 0.761. The molecule has 1 saturated carbocycles. The Morgan fingerprint density at radius 2 is 2.38 bits per heavy atom. The number of hydrogen-bond donors (Lipinski definition) is 1. The van der Waals surface area contributed by atoms with Crippen LogP contribution in [0.15, 0.2) is 18.5 Å². The first kappa shape index (κ1) is 11.9. The smallest absolute Gasteiger partial charge is 0.252 e. The van der Waals surface area contributed by atoms with Gasteiger partial charge < -0.3 is 5.32 Å². The molecule has 1 aliphatic carbocycles. The van der Waals surface area contributed by atoms with Gasteiger partial charge >= 0.3 is 0 Å². The molecule has 1 amide bonds. The summed E-state index contributed by atoms with van der Waals surface area (Å²) in [6, 6.07) is 1.63. The normalized spacial score (nSPS) is 16.9. The van der Waals surface area contributed by atoms with Gasteiger partial charge in [-0.3, -0.25) is 9.78 Å². The first-order valence-corrected chi connectivity index (χ1v) is 6.60. The second kappa shape index (κ2) is 4.72. The standard InChI is InChI=1S/C11H12BrClN2O/c12-6-11(2-3-11)7-15-10(16)8-1-4-14-5-9(8)13/h1,4-5H,2-3,6-7H2,(H,15,16). The number of aromatic nitrogens is 1. The molecule has 0 aromatic carbocycles. The minimum atomic E-state index is -0.125. The van der Waals surface area contributed by atoms with E-state index in [9.17, 15) is 4.79 Å². The maximum atomic E-state index is 11.8. The average molecular weight is 304 g/mol. The summed E-state index contributed by atoms with van der Waals surface area (Å²) < 4.78 is 0. The van der Waals surface area contributed by atoms with Crippen LogP contribution in [0.5, 0.6) is 0 Å². The number of nitrogens with one attached hydrogen (secondary N) is 1. The molecule has 2 rings (SSSR count). The molecule has 1 N–H and O–H groups in total. The minimum Gasteiger partial charge on any atom is -0.351 e. The van der Waals surface area contributed by atoms with Gasteiger partial charge in [0.05, 0.1) is 10.6 Å². The first-order valence-electron chi connectivity index (χ1n) is 5.11. The number of hydrogen-bond acceptors (Lipinski definition) is 2. The van der Waals surface area contributed by atoms with Crippen molar-refractivity contribution in [3.8, 4) is 0 Å². The first-order chi connectivity index (χ1) is 7.67. The molecule has 86 valence electrons. The molecule has 16 heavy (non-hydrogen) atoms. The molecule has 1 aromatic heterocycles. The van der Waals surface area contributed by atoms with Crippen molar-refractivity contribution in [3.05, 3.63) is 29.0 Å².